The molecular formula is C26H28FN5O2S. The average molecular weight is 494 g/mol. The summed E-state index contributed by atoms with van der Waals surface area (Å²) >= 11 is 1.56. The smallest absolute Gasteiger partial charge is 0.225 e. The molecule has 3 atom stereocenters. The van der Waals surface area contributed by atoms with E-state index in [9.17, 15) is 14.6 Å². The van der Waals surface area contributed by atoms with Crippen molar-refractivity contribution in [1.29, 1.82) is 0 Å². The molecular weight excluding hydrogens is 465 g/mol. The minimum Gasteiger partial charge on any atom is -0.396 e. The van der Waals surface area contributed by atoms with Crippen molar-refractivity contribution in [3.63, 3.8) is 0 Å². The quantitative estimate of drug-likeness (QED) is 0.295. The van der Waals surface area contributed by atoms with Crippen LogP contribution in [-0.4, -0.2) is 43.4 Å². The van der Waals surface area contributed by atoms with E-state index in [0.29, 0.717) is 31.2 Å². The van der Waals surface area contributed by atoms with Crippen LogP contribution in [0.4, 0.5) is 16.2 Å². The largest absolute Gasteiger partial charge is 0.396 e. The Morgan fingerprint density at radius 2 is 1.97 bits per heavy atom. The van der Waals surface area contributed by atoms with Crippen LogP contribution in [0, 0.1) is 18.7 Å². The number of benzene rings is 2. The maximum absolute atomic E-state index is 13.6. The molecule has 0 amide bonds. The Kier molecular flexibility index (Phi) is 6.39. The van der Waals surface area contributed by atoms with Gasteiger partial charge in [-0.3, -0.25) is 0 Å². The van der Waals surface area contributed by atoms with Gasteiger partial charge in [0.2, 0.25) is 5.95 Å². The van der Waals surface area contributed by atoms with Gasteiger partial charge in [0.05, 0.1) is 33.1 Å². The molecule has 7 nitrogen and oxygen atoms in total. The van der Waals surface area contributed by atoms with Crippen LogP contribution in [0.2, 0.25) is 0 Å². The summed E-state index contributed by atoms with van der Waals surface area (Å²) in [6.45, 7) is 4.16. The minimum absolute atomic E-state index is 0.0631. The lowest BCUT2D eigenvalue weighted by molar-refractivity contribution is 0.0600. The van der Waals surface area contributed by atoms with Crippen molar-refractivity contribution >= 4 is 33.3 Å². The highest BCUT2D eigenvalue weighted by Crippen LogP contribution is 2.41. The van der Waals surface area contributed by atoms with Gasteiger partial charge in [-0.1, -0.05) is 24.3 Å². The van der Waals surface area contributed by atoms with Gasteiger partial charge < -0.3 is 20.8 Å². The number of aliphatic hydroxyl groups excluding tert-OH is 2. The number of rotatable bonds is 7. The number of nitrogens with one attached hydrogen (secondary N) is 2. The number of thiazole rings is 1. The Morgan fingerprint density at radius 3 is 2.71 bits per heavy atom. The monoisotopic (exact) mass is 493 g/mol. The van der Waals surface area contributed by atoms with Gasteiger partial charge in [-0.25, -0.2) is 14.4 Å². The fraction of sp³-hybridized carbons (Fsp3) is 0.346. The number of para-hydroxylation sites is 1. The Morgan fingerprint density at radius 1 is 1.14 bits per heavy atom. The summed E-state index contributed by atoms with van der Waals surface area (Å²) in [5.74, 6) is 0.482. The van der Waals surface area contributed by atoms with Crippen LogP contribution in [0.5, 0.6) is 0 Å². The Bertz CT molecular complexity index is 1330. The van der Waals surface area contributed by atoms with Crippen molar-refractivity contribution in [3.8, 4) is 10.6 Å². The number of anilines is 2. The van der Waals surface area contributed by atoms with Gasteiger partial charge in [-0.15, -0.1) is 11.3 Å². The number of fused-ring (bicyclic) bond motifs is 1. The maximum Gasteiger partial charge on any atom is 0.225 e. The van der Waals surface area contributed by atoms with Crippen LogP contribution in [0.15, 0.2) is 48.5 Å². The summed E-state index contributed by atoms with van der Waals surface area (Å²) in [7, 11) is 0. The first-order valence-electron chi connectivity index (χ1n) is 11.7. The number of hydrogen-bond acceptors (Lipinski definition) is 8. The van der Waals surface area contributed by atoms with Crippen LogP contribution in [0.3, 0.4) is 0 Å². The van der Waals surface area contributed by atoms with Gasteiger partial charge in [0.25, 0.3) is 0 Å². The fourth-order valence-corrected chi connectivity index (χ4v) is 5.78. The van der Waals surface area contributed by atoms with E-state index < -0.39 is 11.6 Å². The zero-order valence-corrected chi connectivity index (χ0v) is 20.4. The van der Waals surface area contributed by atoms with E-state index in [1.165, 1.54) is 12.1 Å². The molecule has 0 aliphatic heterocycles. The summed E-state index contributed by atoms with van der Waals surface area (Å²) < 4.78 is 14.7. The lowest BCUT2D eigenvalue weighted by Crippen LogP contribution is -2.45. The molecule has 1 aliphatic carbocycles. The predicted molar refractivity (Wildman–Crippen MR) is 137 cm³/mol. The van der Waals surface area contributed by atoms with E-state index in [0.717, 1.165) is 32.0 Å². The average Bonchev–Trinajstić information content (AvgIpc) is 3.38. The minimum atomic E-state index is -0.727. The summed E-state index contributed by atoms with van der Waals surface area (Å²) in [4.78, 5) is 14.3. The third-order valence-electron chi connectivity index (χ3n) is 6.71. The van der Waals surface area contributed by atoms with E-state index >= 15 is 0 Å². The lowest BCUT2D eigenvalue weighted by atomic mass is 9.94. The first-order chi connectivity index (χ1) is 16.9. The molecule has 0 saturated heterocycles. The van der Waals surface area contributed by atoms with Crippen LogP contribution < -0.4 is 10.6 Å². The molecule has 182 valence electrons. The first-order valence-corrected chi connectivity index (χ1v) is 12.5. The Balaban J connectivity index is 1.53. The summed E-state index contributed by atoms with van der Waals surface area (Å²) in [6.07, 6.45) is 0.676. The molecule has 1 saturated carbocycles. The van der Waals surface area contributed by atoms with Gasteiger partial charge >= 0.3 is 0 Å². The van der Waals surface area contributed by atoms with Crippen molar-refractivity contribution in [3.05, 3.63) is 65.6 Å². The van der Waals surface area contributed by atoms with E-state index in [2.05, 4.69) is 15.6 Å². The van der Waals surface area contributed by atoms with Gasteiger partial charge in [-0.05, 0) is 56.5 Å². The molecule has 2 aromatic carbocycles. The van der Waals surface area contributed by atoms with Crippen molar-refractivity contribution in [2.75, 3.05) is 17.2 Å². The number of nitrogens with zero attached hydrogens (tertiary/aromatic N) is 3. The number of aliphatic hydroxyl groups is 2. The molecule has 0 radical (unpaired) electrons. The Labute approximate surface area is 207 Å². The van der Waals surface area contributed by atoms with Crippen molar-refractivity contribution < 1.29 is 14.6 Å². The molecule has 35 heavy (non-hydrogen) atoms. The second-order valence-electron chi connectivity index (χ2n) is 9.30. The van der Waals surface area contributed by atoms with Gasteiger partial charge in [0.1, 0.15) is 16.6 Å². The summed E-state index contributed by atoms with van der Waals surface area (Å²) in [6, 6.07) is 14.3. The van der Waals surface area contributed by atoms with Crippen molar-refractivity contribution in [1.82, 2.24) is 15.0 Å². The number of aromatic nitrogens is 3. The van der Waals surface area contributed by atoms with Crippen molar-refractivity contribution in [2.45, 2.75) is 44.9 Å². The van der Waals surface area contributed by atoms with E-state index in [-0.39, 0.29) is 18.3 Å². The summed E-state index contributed by atoms with van der Waals surface area (Å²) in [5.41, 5.74) is 2.53. The molecule has 4 N–H and O–H groups in total. The van der Waals surface area contributed by atoms with E-state index in [4.69, 9.17) is 9.97 Å². The van der Waals surface area contributed by atoms with Gasteiger partial charge in [0.15, 0.2) is 0 Å². The highest BCUT2D eigenvalue weighted by molar-refractivity contribution is 7.21. The lowest BCUT2D eigenvalue weighted by Gasteiger charge is -2.32. The van der Waals surface area contributed by atoms with Crippen LogP contribution >= 0.6 is 11.3 Å². The highest BCUT2D eigenvalue weighted by atomic mass is 32.1. The third-order valence-corrected chi connectivity index (χ3v) is 7.76. The first kappa shape index (κ1) is 23.6. The normalized spacial score (nSPS) is 22.0. The zero-order chi connectivity index (χ0) is 24.6. The third kappa shape index (κ3) is 4.71. The molecule has 1 fully saturated rings. The number of hydrogen-bond donors (Lipinski definition) is 4. The predicted octanol–water partition coefficient (Wildman–Crippen LogP) is 4.75. The van der Waals surface area contributed by atoms with Crippen LogP contribution in [-0.2, 0) is 6.54 Å². The number of halogens is 1. The second-order valence-corrected chi connectivity index (χ2v) is 10.3. The highest BCUT2D eigenvalue weighted by Gasteiger charge is 2.44. The van der Waals surface area contributed by atoms with Crippen LogP contribution in [0.25, 0.3) is 20.8 Å². The summed E-state index contributed by atoms with van der Waals surface area (Å²) in [5, 5.41) is 28.1. The molecule has 2 aromatic heterocycles. The van der Waals surface area contributed by atoms with E-state index in [1.807, 2.05) is 44.2 Å². The molecule has 0 spiro atoms. The molecule has 2 heterocycles. The SMILES string of the molecule is Cc1nc(NCc2cccc(F)c2)nc(NC2(C)CCC(CO)C2O)c1-c1nc2ccccc2s1. The topological polar surface area (TPSA) is 103 Å². The van der Waals surface area contributed by atoms with E-state index in [1.54, 1.807) is 17.4 Å². The zero-order valence-electron chi connectivity index (χ0n) is 19.6. The molecule has 4 aromatic rings. The number of aryl methyl sites for hydroxylation is 1. The standard InChI is InChI=1S/C26H28FN5O2S/c1-15-21(24-30-19-8-3-4-9-20(19)35-24)23(32-26(2)11-10-17(14-33)22(26)34)31-25(29-15)28-13-16-6-5-7-18(27)12-16/h3-9,12,17,22,33-34H,10-11,13-14H2,1-2H3,(H2,28,29,31,32). The molecule has 5 rings (SSSR count). The van der Waals surface area contributed by atoms with Crippen molar-refractivity contribution in [2.24, 2.45) is 5.92 Å². The van der Waals surface area contributed by atoms with Crippen LogP contribution in [0.1, 0.15) is 31.0 Å². The molecule has 3 unspecified atom stereocenters. The van der Waals surface area contributed by atoms with Gasteiger partial charge in [-0.2, -0.15) is 4.98 Å². The fourth-order valence-electron chi connectivity index (χ4n) is 4.71. The molecule has 1 aliphatic rings. The second kappa shape index (κ2) is 9.49. The molecule has 0 bridgehead atoms. The maximum atomic E-state index is 13.6. The van der Waals surface area contributed by atoms with Gasteiger partial charge in [0, 0.05) is 19.1 Å². The molecule has 9 heteroatoms. The Hall–Kier alpha value is -3.14.